The largest absolute Gasteiger partial charge is 0.313 e. The Balaban J connectivity index is 2.77. The highest BCUT2D eigenvalue weighted by Gasteiger charge is 1.83. The van der Waals surface area contributed by atoms with E-state index in [1.165, 1.54) is 25.3 Å². The summed E-state index contributed by atoms with van der Waals surface area (Å²) in [5, 5.41) is 3.09. The molecule has 0 aromatic carbocycles. The lowest BCUT2D eigenvalue weighted by molar-refractivity contribution is 0.640. The second-order valence-electron chi connectivity index (χ2n) is 2.27. The van der Waals surface area contributed by atoms with Crippen LogP contribution in [-0.2, 0) is 0 Å². The fourth-order valence-corrected chi connectivity index (χ4v) is 0.730. The normalized spacial score (nSPS) is 11.0. The van der Waals surface area contributed by atoms with E-state index in [9.17, 15) is 4.39 Å². The molecule has 10 heavy (non-hydrogen) atoms. The molecule has 0 aromatic rings. The molecule has 0 fully saturated rings. The van der Waals surface area contributed by atoms with E-state index in [-0.39, 0.29) is 0 Å². The van der Waals surface area contributed by atoms with Gasteiger partial charge in [-0.15, -0.1) is 0 Å². The predicted molar refractivity (Wildman–Crippen MR) is 42.6 cm³/mol. The summed E-state index contributed by atoms with van der Waals surface area (Å²) in [7, 11) is 0. The maximum atomic E-state index is 11.3. The zero-order valence-electron chi connectivity index (χ0n) is 6.57. The smallest absolute Gasteiger partial charge is 0.0839 e. The fraction of sp³-hybridized carbons (Fsp3) is 0.750. The zero-order chi connectivity index (χ0) is 7.66. The molecule has 0 aliphatic carbocycles. The van der Waals surface area contributed by atoms with Crippen molar-refractivity contribution in [2.75, 3.05) is 13.1 Å². The van der Waals surface area contributed by atoms with Crippen molar-refractivity contribution in [2.24, 2.45) is 0 Å². The van der Waals surface area contributed by atoms with Gasteiger partial charge in [-0.25, -0.2) is 4.39 Å². The van der Waals surface area contributed by atoms with Gasteiger partial charge < -0.3 is 5.32 Å². The van der Waals surface area contributed by atoms with Crippen molar-refractivity contribution in [3.8, 4) is 0 Å². The number of rotatable bonds is 6. The summed E-state index contributed by atoms with van der Waals surface area (Å²) < 4.78 is 11.3. The van der Waals surface area contributed by atoms with Crippen LogP contribution >= 0.6 is 0 Å². The topological polar surface area (TPSA) is 12.0 Å². The monoisotopic (exact) mass is 145 g/mol. The van der Waals surface area contributed by atoms with E-state index in [2.05, 4.69) is 12.2 Å². The van der Waals surface area contributed by atoms with Crippen molar-refractivity contribution in [1.82, 2.24) is 5.32 Å². The molecule has 0 aliphatic rings. The first-order valence-corrected chi connectivity index (χ1v) is 3.87. The fourth-order valence-electron chi connectivity index (χ4n) is 0.730. The van der Waals surface area contributed by atoms with Gasteiger partial charge in [-0.05, 0) is 19.0 Å². The molecule has 0 saturated carbocycles. The van der Waals surface area contributed by atoms with Gasteiger partial charge in [-0.2, -0.15) is 0 Å². The summed E-state index contributed by atoms with van der Waals surface area (Å²) in [6, 6.07) is 0. The van der Waals surface area contributed by atoms with Gasteiger partial charge in [0.25, 0.3) is 0 Å². The van der Waals surface area contributed by atoms with Crippen molar-refractivity contribution in [3.05, 3.63) is 12.4 Å². The van der Waals surface area contributed by atoms with Crippen LogP contribution in [0.5, 0.6) is 0 Å². The molecule has 0 radical (unpaired) electrons. The third kappa shape index (κ3) is 7.63. The minimum atomic E-state index is 0.576. The molecule has 0 atom stereocenters. The van der Waals surface area contributed by atoms with Gasteiger partial charge >= 0.3 is 0 Å². The lowest BCUT2D eigenvalue weighted by atomic mass is 10.2. The molecule has 0 rings (SSSR count). The van der Waals surface area contributed by atoms with Gasteiger partial charge in [0, 0.05) is 6.54 Å². The van der Waals surface area contributed by atoms with Crippen LogP contribution in [0, 0.1) is 0 Å². The number of hydrogen-bond acceptors (Lipinski definition) is 1. The number of unbranched alkanes of at least 4 members (excludes halogenated alkanes) is 2. The predicted octanol–water partition coefficient (Wildman–Crippen LogP) is 2.25. The lowest BCUT2D eigenvalue weighted by Gasteiger charge is -1.98. The van der Waals surface area contributed by atoms with Crippen molar-refractivity contribution >= 4 is 0 Å². The molecule has 2 heteroatoms. The molecule has 0 bridgehead atoms. The Labute approximate surface area is 62.3 Å². The average molecular weight is 145 g/mol. The first-order valence-electron chi connectivity index (χ1n) is 3.87. The minimum absolute atomic E-state index is 0.576. The average Bonchev–Trinajstić information content (AvgIpc) is 1.97. The summed E-state index contributed by atoms with van der Waals surface area (Å²) in [5.41, 5.74) is 0. The maximum absolute atomic E-state index is 11.3. The molecule has 0 saturated heterocycles. The lowest BCUT2D eigenvalue weighted by Crippen LogP contribution is -2.14. The molecule has 0 heterocycles. The SMILES string of the molecule is CCCCCNCC=CF. The minimum Gasteiger partial charge on any atom is -0.313 e. The highest BCUT2D eigenvalue weighted by atomic mass is 19.1. The van der Waals surface area contributed by atoms with Gasteiger partial charge in [0.1, 0.15) is 0 Å². The van der Waals surface area contributed by atoms with E-state index in [4.69, 9.17) is 0 Å². The highest BCUT2D eigenvalue weighted by Crippen LogP contribution is 1.90. The Kier molecular flexibility index (Phi) is 8.31. The van der Waals surface area contributed by atoms with E-state index in [0.29, 0.717) is 12.9 Å². The van der Waals surface area contributed by atoms with Gasteiger partial charge in [-0.3, -0.25) is 0 Å². The summed E-state index contributed by atoms with van der Waals surface area (Å²) in [6.07, 6.45) is 5.74. The zero-order valence-corrected chi connectivity index (χ0v) is 6.57. The Morgan fingerprint density at radius 2 is 2.20 bits per heavy atom. The maximum Gasteiger partial charge on any atom is 0.0839 e. The molecule has 1 N–H and O–H groups in total. The van der Waals surface area contributed by atoms with Crippen LogP contribution in [0.1, 0.15) is 26.2 Å². The van der Waals surface area contributed by atoms with Crippen molar-refractivity contribution in [1.29, 1.82) is 0 Å². The highest BCUT2D eigenvalue weighted by molar-refractivity contribution is 4.74. The van der Waals surface area contributed by atoms with E-state index >= 15 is 0 Å². The number of nitrogens with one attached hydrogen (secondary N) is 1. The summed E-state index contributed by atoms with van der Waals surface area (Å²) >= 11 is 0. The third-order valence-electron chi connectivity index (χ3n) is 1.31. The molecule has 0 aromatic heterocycles. The van der Waals surface area contributed by atoms with Crippen LogP contribution in [0.3, 0.4) is 0 Å². The molecule has 0 unspecified atom stereocenters. The molecular weight excluding hydrogens is 129 g/mol. The molecule has 0 amide bonds. The molecule has 0 spiro atoms. The molecule has 60 valence electrons. The van der Waals surface area contributed by atoms with Gasteiger partial charge in [0.05, 0.1) is 6.33 Å². The first-order chi connectivity index (χ1) is 4.91. The van der Waals surface area contributed by atoms with Crippen molar-refractivity contribution < 1.29 is 4.39 Å². The van der Waals surface area contributed by atoms with E-state index in [1.54, 1.807) is 0 Å². The van der Waals surface area contributed by atoms with Crippen LogP contribution in [0.4, 0.5) is 4.39 Å². The third-order valence-corrected chi connectivity index (χ3v) is 1.31. The van der Waals surface area contributed by atoms with Gasteiger partial charge in [0.2, 0.25) is 0 Å². The second kappa shape index (κ2) is 8.63. The van der Waals surface area contributed by atoms with E-state index in [0.717, 1.165) is 6.54 Å². The van der Waals surface area contributed by atoms with Crippen molar-refractivity contribution in [3.63, 3.8) is 0 Å². The number of hydrogen-bond donors (Lipinski definition) is 1. The summed E-state index contributed by atoms with van der Waals surface area (Å²) in [4.78, 5) is 0. The second-order valence-corrected chi connectivity index (χ2v) is 2.27. The van der Waals surface area contributed by atoms with Crippen LogP contribution in [0.15, 0.2) is 12.4 Å². The quantitative estimate of drug-likeness (QED) is 0.565. The van der Waals surface area contributed by atoms with Gasteiger partial charge in [0.15, 0.2) is 0 Å². The standard InChI is InChI=1S/C8H16FN/c1-2-3-4-7-10-8-5-6-9/h5-6,10H,2-4,7-8H2,1H3. The summed E-state index contributed by atoms with van der Waals surface area (Å²) in [5.74, 6) is 0. The van der Waals surface area contributed by atoms with Crippen LogP contribution in [0.25, 0.3) is 0 Å². The summed E-state index contributed by atoms with van der Waals surface area (Å²) in [6.45, 7) is 3.82. The van der Waals surface area contributed by atoms with E-state index in [1.807, 2.05) is 0 Å². The van der Waals surface area contributed by atoms with Crippen LogP contribution in [-0.4, -0.2) is 13.1 Å². The Hall–Kier alpha value is -0.370. The van der Waals surface area contributed by atoms with Crippen LogP contribution in [0.2, 0.25) is 0 Å². The van der Waals surface area contributed by atoms with Gasteiger partial charge in [-0.1, -0.05) is 19.8 Å². The molecule has 1 nitrogen and oxygen atoms in total. The van der Waals surface area contributed by atoms with E-state index < -0.39 is 0 Å². The molecule has 0 aliphatic heterocycles. The first kappa shape index (κ1) is 9.63. The Morgan fingerprint density at radius 3 is 2.80 bits per heavy atom. The van der Waals surface area contributed by atoms with Crippen molar-refractivity contribution in [2.45, 2.75) is 26.2 Å². The molecular formula is C8H16FN. The Bertz CT molecular complexity index is 81.3. The number of halogens is 1. The van der Waals surface area contributed by atoms with Crippen LogP contribution < -0.4 is 5.32 Å². The Morgan fingerprint density at radius 1 is 1.40 bits per heavy atom.